The number of carbonyl (C=O) groups is 1. The minimum atomic E-state index is -0.0838. The molecule has 1 aromatic heterocycles. The molecule has 1 amide bonds. The van der Waals surface area contributed by atoms with E-state index in [2.05, 4.69) is 16.5 Å². The third-order valence-corrected chi connectivity index (χ3v) is 5.42. The lowest BCUT2D eigenvalue weighted by Gasteiger charge is -2.22. The molecule has 6 nitrogen and oxygen atoms in total. The summed E-state index contributed by atoms with van der Waals surface area (Å²) in [6, 6.07) is 19.5. The highest BCUT2D eigenvalue weighted by Gasteiger charge is 2.26. The second-order valence-electron chi connectivity index (χ2n) is 7.41. The summed E-state index contributed by atoms with van der Waals surface area (Å²) in [5.74, 6) is -0.0838. The molecule has 6 heteroatoms. The van der Waals surface area contributed by atoms with Crippen molar-refractivity contribution in [3.8, 4) is 23.0 Å². The maximum Gasteiger partial charge on any atom is 0.274 e. The minimum absolute atomic E-state index is 0.0838. The van der Waals surface area contributed by atoms with E-state index in [1.165, 1.54) is 5.56 Å². The van der Waals surface area contributed by atoms with E-state index in [-0.39, 0.29) is 11.9 Å². The van der Waals surface area contributed by atoms with Crippen molar-refractivity contribution in [3.05, 3.63) is 71.4 Å². The molecule has 4 rings (SSSR count). The molecule has 1 saturated heterocycles. The topological polar surface area (TPSA) is 74.0 Å². The van der Waals surface area contributed by atoms with Gasteiger partial charge in [-0.3, -0.25) is 4.79 Å². The van der Waals surface area contributed by atoms with E-state index >= 15 is 0 Å². The van der Waals surface area contributed by atoms with Crippen molar-refractivity contribution in [2.75, 3.05) is 20.1 Å². The number of nitriles is 1. The lowest BCUT2D eigenvalue weighted by Crippen LogP contribution is -2.38. The van der Waals surface area contributed by atoms with Crippen molar-refractivity contribution in [2.45, 2.75) is 19.4 Å². The first-order valence-corrected chi connectivity index (χ1v) is 9.72. The molecule has 1 atom stereocenters. The summed E-state index contributed by atoms with van der Waals surface area (Å²) >= 11 is 0. The monoisotopic (exact) mass is 385 g/mol. The van der Waals surface area contributed by atoms with Crippen LogP contribution >= 0.6 is 0 Å². The normalized spacial score (nSPS) is 15.8. The Morgan fingerprint density at radius 1 is 1.21 bits per heavy atom. The molecule has 1 N–H and O–H groups in total. The Morgan fingerprint density at radius 2 is 1.93 bits per heavy atom. The number of rotatable bonds is 4. The van der Waals surface area contributed by atoms with Gasteiger partial charge < -0.3 is 10.2 Å². The number of nitrogens with zero attached hydrogens (tertiary/aromatic N) is 4. The molecule has 1 aliphatic heterocycles. The summed E-state index contributed by atoms with van der Waals surface area (Å²) in [4.78, 5) is 14.9. The number of nitrogens with one attached hydrogen (secondary N) is 1. The van der Waals surface area contributed by atoms with Crippen molar-refractivity contribution >= 4 is 5.91 Å². The average molecular weight is 385 g/mol. The quantitative estimate of drug-likeness (QED) is 0.749. The Balaban J connectivity index is 1.76. The van der Waals surface area contributed by atoms with Crippen LogP contribution in [0.25, 0.3) is 16.9 Å². The highest BCUT2D eigenvalue weighted by atomic mass is 16.2. The maximum atomic E-state index is 13.1. The fraction of sp³-hybridized carbons (Fsp3) is 0.261. The minimum Gasteiger partial charge on any atom is -0.336 e. The zero-order valence-corrected chi connectivity index (χ0v) is 16.6. The number of carbonyl (C=O) groups excluding carboxylic acids is 1. The molecular formula is C23H23N5O. The van der Waals surface area contributed by atoms with Gasteiger partial charge in [0.25, 0.3) is 5.91 Å². The molecule has 0 unspecified atom stereocenters. The maximum absolute atomic E-state index is 13.1. The van der Waals surface area contributed by atoms with Crippen molar-refractivity contribution in [1.29, 1.82) is 5.26 Å². The predicted octanol–water partition coefficient (Wildman–Crippen LogP) is 3.15. The van der Waals surface area contributed by atoms with Crippen LogP contribution in [0.15, 0.2) is 54.6 Å². The molecule has 2 aromatic carbocycles. The molecule has 0 aliphatic carbocycles. The van der Waals surface area contributed by atoms with Crippen LogP contribution in [0.5, 0.6) is 0 Å². The third-order valence-electron chi connectivity index (χ3n) is 5.42. The molecule has 2 heterocycles. The standard InChI is InChI=1S/C23H23N5O/c1-16-3-7-18(8-4-16)22-13-21(23(29)27(2)20-11-12-25-15-20)26-28(22)19-9-5-17(14-24)6-10-19/h3-10,13,20,25H,11-12,15H2,1-2H3/t20-/m1/s1. The van der Waals surface area contributed by atoms with E-state index in [0.29, 0.717) is 11.3 Å². The predicted molar refractivity (Wildman–Crippen MR) is 112 cm³/mol. The number of aryl methyl sites for hydroxylation is 1. The van der Waals surface area contributed by atoms with Crippen LogP contribution in [0.4, 0.5) is 0 Å². The second kappa shape index (κ2) is 7.90. The zero-order valence-electron chi connectivity index (χ0n) is 16.6. The molecule has 3 aromatic rings. The van der Waals surface area contributed by atoms with Crippen LogP contribution in [0.1, 0.15) is 28.0 Å². The van der Waals surface area contributed by atoms with E-state index < -0.39 is 0 Å². The molecule has 0 radical (unpaired) electrons. The van der Waals surface area contributed by atoms with E-state index in [1.807, 2.05) is 56.4 Å². The Morgan fingerprint density at radius 3 is 2.55 bits per heavy atom. The second-order valence-corrected chi connectivity index (χ2v) is 7.41. The zero-order chi connectivity index (χ0) is 20.4. The van der Waals surface area contributed by atoms with E-state index in [4.69, 9.17) is 5.26 Å². The molecule has 0 bridgehead atoms. The summed E-state index contributed by atoms with van der Waals surface area (Å²) in [5.41, 5.74) is 4.81. The number of benzene rings is 2. The van der Waals surface area contributed by atoms with Gasteiger partial charge in [0.2, 0.25) is 0 Å². The van der Waals surface area contributed by atoms with E-state index in [9.17, 15) is 4.79 Å². The first-order chi connectivity index (χ1) is 14.1. The van der Waals surface area contributed by atoms with Gasteiger partial charge in [0.05, 0.1) is 23.0 Å². The van der Waals surface area contributed by atoms with Gasteiger partial charge >= 0.3 is 0 Å². The van der Waals surface area contributed by atoms with Crippen molar-refractivity contribution in [2.24, 2.45) is 0 Å². The average Bonchev–Trinajstić information content (AvgIpc) is 3.44. The molecule has 146 valence electrons. The first-order valence-electron chi connectivity index (χ1n) is 9.72. The van der Waals surface area contributed by atoms with Crippen LogP contribution in [0.3, 0.4) is 0 Å². The van der Waals surface area contributed by atoms with Gasteiger partial charge in [-0.2, -0.15) is 10.4 Å². The molecular weight excluding hydrogens is 362 g/mol. The Hall–Kier alpha value is -3.43. The molecule has 0 spiro atoms. The van der Waals surface area contributed by atoms with Gasteiger partial charge in [-0.1, -0.05) is 29.8 Å². The molecule has 29 heavy (non-hydrogen) atoms. The van der Waals surface area contributed by atoms with Crippen LogP contribution < -0.4 is 5.32 Å². The van der Waals surface area contributed by atoms with E-state index in [1.54, 1.807) is 21.7 Å². The lowest BCUT2D eigenvalue weighted by atomic mass is 10.1. The lowest BCUT2D eigenvalue weighted by molar-refractivity contribution is 0.0737. The van der Waals surface area contributed by atoms with Gasteiger partial charge in [-0.05, 0) is 50.2 Å². The van der Waals surface area contributed by atoms with Crippen molar-refractivity contribution in [3.63, 3.8) is 0 Å². The number of aromatic nitrogens is 2. The van der Waals surface area contributed by atoms with Gasteiger partial charge in [-0.25, -0.2) is 4.68 Å². The van der Waals surface area contributed by atoms with Gasteiger partial charge in [-0.15, -0.1) is 0 Å². The molecule has 1 fully saturated rings. The Bertz CT molecular complexity index is 1050. The van der Waals surface area contributed by atoms with Crippen LogP contribution in [0.2, 0.25) is 0 Å². The summed E-state index contributed by atoms with van der Waals surface area (Å²) in [6.45, 7) is 3.78. The van der Waals surface area contributed by atoms with Gasteiger partial charge in [0, 0.05) is 25.2 Å². The van der Waals surface area contributed by atoms with Gasteiger partial charge in [0.1, 0.15) is 0 Å². The highest BCUT2D eigenvalue weighted by molar-refractivity contribution is 5.93. The number of amides is 1. The molecule has 1 aliphatic rings. The van der Waals surface area contributed by atoms with Crippen LogP contribution in [-0.2, 0) is 0 Å². The van der Waals surface area contributed by atoms with Gasteiger partial charge in [0.15, 0.2) is 5.69 Å². The highest BCUT2D eigenvalue weighted by Crippen LogP contribution is 2.26. The summed E-state index contributed by atoms with van der Waals surface area (Å²) in [6.07, 6.45) is 0.948. The largest absolute Gasteiger partial charge is 0.336 e. The fourth-order valence-corrected chi connectivity index (χ4v) is 3.61. The number of hydrogen-bond acceptors (Lipinski definition) is 4. The van der Waals surface area contributed by atoms with Crippen LogP contribution in [0, 0.1) is 18.3 Å². The number of hydrogen-bond donors (Lipinski definition) is 1. The Labute approximate surface area is 170 Å². The third kappa shape index (κ3) is 3.78. The summed E-state index contributed by atoms with van der Waals surface area (Å²) < 4.78 is 1.78. The molecule has 0 saturated carbocycles. The van der Waals surface area contributed by atoms with Crippen molar-refractivity contribution in [1.82, 2.24) is 20.0 Å². The first kappa shape index (κ1) is 18.9. The SMILES string of the molecule is Cc1ccc(-c2cc(C(=O)N(C)[C@@H]3CCNC3)nn2-c2ccc(C#N)cc2)cc1. The number of likely N-dealkylation sites (N-methyl/N-ethyl adjacent to an activating group) is 1. The fourth-order valence-electron chi connectivity index (χ4n) is 3.61. The van der Waals surface area contributed by atoms with E-state index in [0.717, 1.165) is 36.5 Å². The smallest absolute Gasteiger partial charge is 0.274 e. The van der Waals surface area contributed by atoms with Crippen molar-refractivity contribution < 1.29 is 4.79 Å². The summed E-state index contributed by atoms with van der Waals surface area (Å²) in [5, 5.41) is 17.0. The summed E-state index contributed by atoms with van der Waals surface area (Å²) in [7, 11) is 1.84. The Kier molecular flexibility index (Phi) is 5.15. The van der Waals surface area contributed by atoms with Crippen LogP contribution in [-0.4, -0.2) is 46.8 Å².